The molecule has 1 aliphatic heterocycles. The van der Waals surface area contributed by atoms with E-state index in [4.69, 9.17) is 9.47 Å². The summed E-state index contributed by atoms with van der Waals surface area (Å²) >= 11 is 0. The smallest absolute Gasteiger partial charge is 0.306 e. The molecule has 1 unspecified atom stereocenters. The lowest BCUT2D eigenvalue weighted by molar-refractivity contribution is -0.142. The van der Waals surface area contributed by atoms with E-state index in [9.17, 15) is 24.5 Å². The van der Waals surface area contributed by atoms with Gasteiger partial charge in [0.2, 0.25) is 0 Å². The number of hydrogen-bond acceptors (Lipinski definition) is 5. The van der Waals surface area contributed by atoms with Crippen LogP contribution in [0.25, 0.3) is 0 Å². The van der Waals surface area contributed by atoms with Gasteiger partial charge in [0.25, 0.3) is 0 Å². The highest BCUT2D eigenvalue weighted by Crippen LogP contribution is 2.42. The maximum Gasteiger partial charge on any atom is 0.306 e. The second-order valence-electron chi connectivity index (χ2n) is 9.48. The summed E-state index contributed by atoms with van der Waals surface area (Å²) < 4.78 is 24.8. The average Bonchev–Trinajstić information content (AvgIpc) is 2.94. The molecule has 184 valence electrons. The van der Waals surface area contributed by atoms with E-state index in [2.05, 4.69) is 0 Å². The van der Waals surface area contributed by atoms with Gasteiger partial charge in [0, 0.05) is 25.0 Å². The first-order chi connectivity index (χ1) is 15.9. The Labute approximate surface area is 195 Å². The van der Waals surface area contributed by atoms with E-state index in [0.29, 0.717) is 37.5 Å². The molecule has 2 aliphatic rings. The molecule has 1 saturated heterocycles. The second-order valence-corrected chi connectivity index (χ2v) is 9.48. The Balaban J connectivity index is 1.50. The van der Waals surface area contributed by atoms with Crippen LogP contribution in [0.5, 0.6) is 5.75 Å². The van der Waals surface area contributed by atoms with E-state index in [1.54, 1.807) is 18.2 Å². The van der Waals surface area contributed by atoms with E-state index in [1.165, 1.54) is 12.1 Å². The lowest BCUT2D eigenvalue weighted by atomic mass is 9.85. The molecular weight excluding hydrogens is 427 g/mol. The molecule has 33 heavy (non-hydrogen) atoms. The number of rotatable bonds is 11. The zero-order valence-electron chi connectivity index (χ0n) is 19.3. The molecule has 0 spiro atoms. The molecule has 2 fully saturated rings. The van der Waals surface area contributed by atoms with Crippen molar-refractivity contribution in [3.63, 3.8) is 0 Å². The fourth-order valence-corrected chi connectivity index (χ4v) is 5.17. The number of carboxylic acid groups (broad SMARTS) is 1. The van der Waals surface area contributed by atoms with E-state index in [-0.39, 0.29) is 30.5 Å². The van der Waals surface area contributed by atoms with Crippen LogP contribution < -0.4 is 4.74 Å². The molecule has 1 aromatic rings. The molecule has 1 heterocycles. The highest BCUT2D eigenvalue weighted by atomic mass is 19.1. The predicted molar refractivity (Wildman–Crippen MR) is 122 cm³/mol. The van der Waals surface area contributed by atoms with E-state index < -0.39 is 24.0 Å². The van der Waals surface area contributed by atoms with Crippen LogP contribution in [-0.2, 0) is 9.53 Å². The Bertz CT molecular complexity index is 784. The number of hydrogen-bond donors (Lipinski definition) is 3. The van der Waals surface area contributed by atoms with Crippen LogP contribution in [-0.4, -0.2) is 52.8 Å². The minimum atomic E-state index is -0.870. The maximum absolute atomic E-state index is 13.2. The molecule has 0 bridgehead atoms. The van der Waals surface area contributed by atoms with Crippen molar-refractivity contribution in [3.8, 4) is 5.75 Å². The predicted octanol–water partition coefficient (Wildman–Crippen LogP) is 4.19. The summed E-state index contributed by atoms with van der Waals surface area (Å²) in [6.07, 6.45) is 7.60. The Morgan fingerprint density at radius 3 is 2.88 bits per heavy atom. The number of halogens is 1. The van der Waals surface area contributed by atoms with Crippen molar-refractivity contribution in [1.82, 2.24) is 0 Å². The van der Waals surface area contributed by atoms with Gasteiger partial charge in [-0.25, -0.2) is 4.39 Å². The Morgan fingerprint density at radius 2 is 2.15 bits per heavy atom. The number of fused-ring (bicyclic) bond motifs is 1. The van der Waals surface area contributed by atoms with Gasteiger partial charge in [0.15, 0.2) is 0 Å². The largest absolute Gasteiger partial charge is 0.490 e. The molecule has 6 nitrogen and oxygen atoms in total. The van der Waals surface area contributed by atoms with Crippen LogP contribution >= 0.6 is 0 Å². The van der Waals surface area contributed by atoms with Crippen molar-refractivity contribution in [2.75, 3.05) is 13.2 Å². The minimum absolute atomic E-state index is 0.00204. The molecule has 7 atom stereocenters. The van der Waals surface area contributed by atoms with Gasteiger partial charge in [0.05, 0.1) is 18.1 Å². The van der Waals surface area contributed by atoms with Crippen molar-refractivity contribution in [1.29, 1.82) is 0 Å². The first kappa shape index (κ1) is 25.7. The van der Waals surface area contributed by atoms with Crippen LogP contribution in [0.1, 0.15) is 51.9 Å². The summed E-state index contributed by atoms with van der Waals surface area (Å²) in [5.74, 6) is -0.638. The first-order valence-corrected chi connectivity index (χ1v) is 12.1. The van der Waals surface area contributed by atoms with Gasteiger partial charge in [-0.3, -0.25) is 4.79 Å². The lowest BCUT2D eigenvalue weighted by Gasteiger charge is -2.21. The third kappa shape index (κ3) is 7.52. The van der Waals surface area contributed by atoms with Gasteiger partial charge in [0.1, 0.15) is 24.3 Å². The molecule has 0 radical (unpaired) electrons. The molecule has 3 N–H and O–H groups in total. The standard InChI is InChI=1S/C26H37FO6/c1-2-4-18(26(30)31)9-7-17-8-11-23-22(24(29)14-25(23)33-15-17)12-10-20(28)16-32-21-6-3-5-19(27)13-21/h3,5-6,10,12-13,17-18,20,22-25,28-29H,2,4,7-9,11,14-16H2,1H3,(H,30,31)/b12-10+/t17-,18?,20-,22-,23-,24-,25+/m1/s1. The fourth-order valence-electron chi connectivity index (χ4n) is 5.17. The van der Waals surface area contributed by atoms with Crippen molar-refractivity contribution in [3.05, 3.63) is 42.2 Å². The van der Waals surface area contributed by atoms with Crippen LogP contribution in [0, 0.1) is 29.5 Å². The number of aliphatic carboxylic acids is 1. The molecule has 0 amide bonds. The van der Waals surface area contributed by atoms with E-state index >= 15 is 0 Å². The summed E-state index contributed by atoms with van der Waals surface area (Å²) in [7, 11) is 0. The Morgan fingerprint density at radius 1 is 1.33 bits per heavy atom. The topological polar surface area (TPSA) is 96.2 Å². The van der Waals surface area contributed by atoms with Crippen molar-refractivity contribution >= 4 is 5.97 Å². The van der Waals surface area contributed by atoms with Crippen LogP contribution in [0.2, 0.25) is 0 Å². The molecule has 1 saturated carbocycles. The van der Waals surface area contributed by atoms with Gasteiger partial charge in [-0.2, -0.15) is 0 Å². The molecule has 3 rings (SSSR count). The number of carboxylic acids is 1. The van der Waals surface area contributed by atoms with Crippen LogP contribution in [0.3, 0.4) is 0 Å². The Kier molecular flexibility index (Phi) is 9.71. The summed E-state index contributed by atoms with van der Waals surface area (Å²) in [5, 5.41) is 30.2. The third-order valence-electron chi connectivity index (χ3n) is 7.03. The van der Waals surface area contributed by atoms with Crippen molar-refractivity contribution in [2.24, 2.45) is 23.7 Å². The van der Waals surface area contributed by atoms with E-state index in [0.717, 1.165) is 25.7 Å². The summed E-state index contributed by atoms with van der Waals surface area (Å²) in [6, 6.07) is 5.77. The zero-order chi connectivity index (χ0) is 23.8. The second kappa shape index (κ2) is 12.5. The first-order valence-electron chi connectivity index (χ1n) is 12.1. The number of aliphatic hydroxyl groups excluding tert-OH is 2. The molecule has 1 aromatic carbocycles. The number of benzene rings is 1. The molecule has 0 aromatic heterocycles. The zero-order valence-corrected chi connectivity index (χ0v) is 19.3. The molecular formula is C26H37FO6. The van der Waals surface area contributed by atoms with Gasteiger partial charge in [-0.1, -0.05) is 31.6 Å². The van der Waals surface area contributed by atoms with Crippen molar-refractivity contribution < 1.29 is 34.0 Å². The average molecular weight is 465 g/mol. The van der Waals surface area contributed by atoms with Gasteiger partial charge in [-0.15, -0.1) is 0 Å². The monoisotopic (exact) mass is 464 g/mol. The minimum Gasteiger partial charge on any atom is -0.490 e. The quantitative estimate of drug-likeness (QED) is 0.425. The van der Waals surface area contributed by atoms with Gasteiger partial charge in [-0.05, 0) is 56.1 Å². The third-order valence-corrected chi connectivity index (χ3v) is 7.03. The Hall–Kier alpha value is -1.96. The van der Waals surface area contributed by atoms with Crippen LogP contribution in [0.15, 0.2) is 36.4 Å². The normalized spacial score (nSPS) is 29.4. The van der Waals surface area contributed by atoms with Crippen LogP contribution in [0.4, 0.5) is 4.39 Å². The highest BCUT2D eigenvalue weighted by Gasteiger charge is 2.43. The number of aliphatic hydroxyl groups is 2. The SMILES string of the molecule is CCCC(CC[C@@H]1CC[C@@H]2[C@@H](/C=C/[C@@H](O)COc3cccc(F)c3)[C@H](O)C[C@@H]2OC1)C(=O)O. The summed E-state index contributed by atoms with van der Waals surface area (Å²) in [4.78, 5) is 11.4. The number of ether oxygens (including phenoxy) is 2. The molecule has 1 aliphatic carbocycles. The van der Waals surface area contributed by atoms with Gasteiger partial charge < -0.3 is 24.8 Å². The fraction of sp³-hybridized carbons (Fsp3) is 0.654. The molecule has 7 heteroatoms. The summed E-state index contributed by atoms with van der Waals surface area (Å²) in [5.41, 5.74) is 0. The highest BCUT2D eigenvalue weighted by molar-refractivity contribution is 5.69. The summed E-state index contributed by atoms with van der Waals surface area (Å²) in [6.45, 7) is 2.61. The van der Waals surface area contributed by atoms with E-state index in [1.807, 2.05) is 13.0 Å². The maximum atomic E-state index is 13.2. The number of carbonyl (C=O) groups is 1. The lowest BCUT2D eigenvalue weighted by Crippen LogP contribution is -2.22. The van der Waals surface area contributed by atoms with Gasteiger partial charge >= 0.3 is 5.97 Å². The van der Waals surface area contributed by atoms with Crippen molar-refractivity contribution in [2.45, 2.75) is 70.2 Å².